The SMILES string of the molecule is CC(C)Cn1ncnc1CN1CCC(=O)C(C)C1. The molecule has 2 rings (SSSR count). The predicted octanol–water partition coefficient (Wildman–Crippen LogP) is 1.34. The quantitative estimate of drug-likeness (QED) is 0.809. The molecule has 0 amide bonds. The zero-order valence-corrected chi connectivity index (χ0v) is 11.5. The Morgan fingerprint density at radius 1 is 1.50 bits per heavy atom. The second-order valence-corrected chi connectivity index (χ2v) is 5.60. The molecule has 0 aromatic carbocycles. The Morgan fingerprint density at radius 3 is 2.94 bits per heavy atom. The summed E-state index contributed by atoms with van der Waals surface area (Å²) < 4.78 is 1.98. The average Bonchev–Trinajstić information content (AvgIpc) is 2.70. The second kappa shape index (κ2) is 5.61. The van der Waals surface area contributed by atoms with Crippen molar-refractivity contribution in [3.63, 3.8) is 0 Å². The fourth-order valence-corrected chi connectivity index (χ4v) is 2.35. The number of carbonyl (C=O) groups is 1. The lowest BCUT2D eigenvalue weighted by atomic mass is 9.99. The molecule has 1 atom stereocenters. The molecule has 0 saturated carbocycles. The normalized spacial score (nSPS) is 21.8. The minimum atomic E-state index is 0.153. The van der Waals surface area contributed by atoms with E-state index < -0.39 is 0 Å². The number of ketones is 1. The highest BCUT2D eigenvalue weighted by Crippen LogP contribution is 2.14. The van der Waals surface area contributed by atoms with Gasteiger partial charge >= 0.3 is 0 Å². The van der Waals surface area contributed by atoms with E-state index in [9.17, 15) is 4.79 Å². The van der Waals surface area contributed by atoms with Crippen molar-refractivity contribution in [2.24, 2.45) is 11.8 Å². The first-order chi connectivity index (χ1) is 8.56. The molecule has 1 unspecified atom stereocenters. The summed E-state index contributed by atoms with van der Waals surface area (Å²) in [6.45, 7) is 9.74. The highest BCUT2D eigenvalue weighted by Gasteiger charge is 2.24. The molecule has 0 radical (unpaired) electrons. The molecule has 100 valence electrons. The molecule has 0 N–H and O–H groups in total. The lowest BCUT2D eigenvalue weighted by Gasteiger charge is -2.29. The summed E-state index contributed by atoms with van der Waals surface area (Å²) >= 11 is 0. The Bertz CT molecular complexity index is 413. The zero-order valence-electron chi connectivity index (χ0n) is 11.5. The Hall–Kier alpha value is -1.23. The van der Waals surface area contributed by atoms with E-state index in [0.717, 1.165) is 32.0 Å². The smallest absolute Gasteiger partial charge is 0.141 e. The molecule has 5 heteroatoms. The first-order valence-corrected chi connectivity index (χ1v) is 6.68. The number of aromatic nitrogens is 3. The van der Waals surface area contributed by atoms with E-state index in [2.05, 4.69) is 28.8 Å². The van der Waals surface area contributed by atoms with E-state index in [1.807, 2.05) is 11.6 Å². The largest absolute Gasteiger partial charge is 0.299 e. The van der Waals surface area contributed by atoms with Crippen molar-refractivity contribution in [3.05, 3.63) is 12.2 Å². The molecule has 1 aromatic rings. The number of carbonyl (C=O) groups excluding carboxylic acids is 1. The average molecular weight is 250 g/mol. The first kappa shape index (κ1) is 13.2. The number of hydrogen-bond acceptors (Lipinski definition) is 4. The van der Waals surface area contributed by atoms with E-state index in [4.69, 9.17) is 0 Å². The van der Waals surface area contributed by atoms with Gasteiger partial charge in [0.25, 0.3) is 0 Å². The maximum Gasteiger partial charge on any atom is 0.141 e. The van der Waals surface area contributed by atoms with Crippen LogP contribution in [0.15, 0.2) is 6.33 Å². The number of piperidine rings is 1. The topological polar surface area (TPSA) is 51.0 Å². The monoisotopic (exact) mass is 250 g/mol. The second-order valence-electron chi connectivity index (χ2n) is 5.60. The summed E-state index contributed by atoms with van der Waals surface area (Å²) in [5, 5.41) is 4.27. The van der Waals surface area contributed by atoms with Crippen molar-refractivity contribution in [3.8, 4) is 0 Å². The van der Waals surface area contributed by atoms with Crippen LogP contribution in [0.5, 0.6) is 0 Å². The van der Waals surface area contributed by atoms with Crippen molar-refractivity contribution >= 4 is 5.78 Å². The van der Waals surface area contributed by atoms with Crippen molar-refractivity contribution in [1.82, 2.24) is 19.7 Å². The number of likely N-dealkylation sites (tertiary alicyclic amines) is 1. The van der Waals surface area contributed by atoms with Gasteiger partial charge in [-0.1, -0.05) is 20.8 Å². The van der Waals surface area contributed by atoms with Gasteiger partial charge in [0.2, 0.25) is 0 Å². The maximum atomic E-state index is 11.5. The third-order valence-electron chi connectivity index (χ3n) is 3.35. The third-order valence-corrected chi connectivity index (χ3v) is 3.35. The molecular weight excluding hydrogens is 228 g/mol. The summed E-state index contributed by atoms with van der Waals surface area (Å²) in [6.07, 6.45) is 2.29. The van der Waals surface area contributed by atoms with Crippen LogP contribution >= 0.6 is 0 Å². The van der Waals surface area contributed by atoms with Crippen LogP contribution in [0.4, 0.5) is 0 Å². The fourth-order valence-electron chi connectivity index (χ4n) is 2.35. The zero-order chi connectivity index (χ0) is 13.1. The molecule has 0 spiro atoms. The van der Waals surface area contributed by atoms with Gasteiger partial charge in [-0.15, -0.1) is 0 Å². The van der Waals surface area contributed by atoms with Crippen LogP contribution in [0.25, 0.3) is 0 Å². The summed E-state index contributed by atoms with van der Waals surface area (Å²) in [7, 11) is 0. The summed E-state index contributed by atoms with van der Waals surface area (Å²) in [5.41, 5.74) is 0. The van der Waals surface area contributed by atoms with Gasteiger partial charge < -0.3 is 0 Å². The summed E-state index contributed by atoms with van der Waals surface area (Å²) in [6, 6.07) is 0. The van der Waals surface area contributed by atoms with E-state index in [1.165, 1.54) is 0 Å². The standard InChI is InChI=1S/C13H22N4O/c1-10(2)6-17-13(14-9-15-17)8-16-5-4-12(18)11(3)7-16/h9-11H,4-8H2,1-3H3. The Kier molecular flexibility index (Phi) is 4.11. The number of Topliss-reactive ketones (excluding diaryl/α,β-unsaturated/α-hetero) is 1. The van der Waals surface area contributed by atoms with Gasteiger partial charge in [-0.05, 0) is 5.92 Å². The van der Waals surface area contributed by atoms with E-state index in [-0.39, 0.29) is 5.92 Å². The van der Waals surface area contributed by atoms with E-state index in [0.29, 0.717) is 18.1 Å². The van der Waals surface area contributed by atoms with Crippen LogP contribution in [0.3, 0.4) is 0 Å². The highest BCUT2D eigenvalue weighted by atomic mass is 16.1. The Balaban J connectivity index is 1.97. The first-order valence-electron chi connectivity index (χ1n) is 6.68. The Labute approximate surface area is 108 Å². The van der Waals surface area contributed by atoms with Gasteiger partial charge in [0.1, 0.15) is 17.9 Å². The molecule has 1 fully saturated rings. The van der Waals surface area contributed by atoms with Crippen LogP contribution in [0, 0.1) is 11.8 Å². The van der Waals surface area contributed by atoms with Crippen LogP contribution in [-0.4, -0.2) is 38.5 Å². The summed E-state index contributed by atoms with van der Waals surface area (Å²) in [4.78, 5) is 18.1. The number of hydrogen-bond donors (Lipinski definition) is 0. The van der Waals surface area contributed by atoms with Gasteiger partial charge in [-0.2, -0.15) is 5.10 Å². The molecule has 2 heterocycles. The van der Waals surface area contributed by atoms with Gasteiger partial charge in [0.15, 0.2) is 0 Å². The molecule has 1 aliphatic rings. The van der Waals surface area contributed by atoms with Crippen molar-refractivity contribution < 1.29 is 4.79 Å². The van der Waals surface area contributed by atoms with E-state index >= 15 is 0 Å². The van der Waals surface area contributed by atoms with Gasteiger partial charge in [0, 0.05) is 32.0 Å². The molecule has 18 heavy (non-hydrogen) atoms. The molecule has 5 nitrogen and oxygen atoms in total. The van der Waals surface area contributed by atoms with Crippen LogP contribution < -0.4 is 0 Å². The molecule has 1 saturated heterocycles. The lowest BCUT2D eigenvalue weighted by Crippen LogP contribution is -2.39. The van der Waals surface area contributed by atoms with Gasteiger partial charge in [0.05, 0.1) is 6.54 Å². The summed E-state index contributed by atoms with van der Waals surface area (Å²) in [5.74, 6) is 2.10. The molecule has 1 aromatic heterocycles. The molecule has 0 bridgehead atoms. The van der Waals surface area contributed by atoms with Crippen molar-refractivity contribution in [2.45, 2.75) is 40.3 Å². The third kappa shape index (κ3) is 3.16. The van der Waals surface area contributed by atoms with Gasteiger partial charge in [-0.25, -0.2) is 9.67 Å². The minimum absolute atomic E-state index is 0.153. The highest BCUT2D eigenvalue weighted by molar-refractivity contribution is 5.81. The van der Waals surface area contributed by atoms with Crippen LogP contribution in [0.2, 0.25) is 0 Å². The van der Waals surface area contributed by atoms with Gasteiger partial charge in [-0.3, -0.25) is 9.69 Å². The minimum Gasteiger partial charge on any atom is -0.299 e. The lowest BCUT2D eigenvalue weighted by molar-refractivity contribution is -0.125. The molecular formula is C13H22N4O. The molecule has 1 aliphatic heterocycles. The van der Waals surface area contributed by atoms with Crippen LogP contribution in [-0.2, 0) is 17.9 Å². The maximum absolute atomic E-state index is 11.5. The Morgan fingerprint density at radius 2 is 2.28 bits per heavy atom. The number of nitrogens with zero attached hydrogens (tertiary/aromatic N) is 4. The fraction of sp³-hybridized carbons (Fsp3) is 0.769. The number of rotatable bonds is 4. The van der Waals surface area contributed by atoms with Crippen molar-refractivity contribution in [1.29, 1.82) is 0 Å². The van der Waals surface area contributed by atoms with Crippen LogP contribution in [0.1, 0.15) is 33.0 Å². The van der Waals surface area contributed by atoms with E-state index in [1.54, 1.807) is 6.33 Å². The predicted molar refractivity (Wildman–Crippen MR) is 68.9 cm³/mol. The molecule has 0 aliphatic carbocycles. The van der Waals surface area contributed by atoms with Crippen molar-refractivity contribution in [2.75, 3.05) is 13.1 Å².